The van der Waals surface area contributed by atoms with Crippen molar-refractivity contribution in [3.63, 3.8) is 0 Å². The molecule has 3 aliphatic heterocycles. The molecule has 3 aromatic rings. The van der Waals surface area contributed by atoms with Crippen LogP contribution in [0.15, 0.2) is 48.3 Å². The summed E-state index contributed by atoms with van der Waals surface area (Å²) < 4.78 is 31.7. The number of rotatable bonds is 6. The number of piperazine rings is 1. The summed E-state index contributed by atoms with van der Waals surface area (Å²) >= 11 is 1.56. The van der Waals surface area contributed by atoms with E-state index in [4.69, 9.17) is 13.8 Å². The number of amides is 1. The van der Waals surface area contributed by atoms with Gasteiger partial charge in [-0.15, -0.1) is 0 Å². The SMILES string of the molecule is O=C(C(F)=Cc1ccc2c(c1)OCO2)N1CCCC[C@H]1CCN1CCN(c2nsc3ccccc23)CC1. The maximum Gasteiger partial charge on any atom is 0.282 e. The fraction of sp³-hybridized carbons (Fsp3) is 0.429. The molecular weight excluding hydrogens is 491 g/mol. The van der Waals surface area contributed by atoms with Crippen LogP contribution in [0.2, 0.25) is 0 Å². The van der Waals surface area contributed by atoms with Crippen molar-refractivity contribution in [2.45, 2.75) is 31.7 Å². The quantitative estimate of drug-likeness (QED) is 0.428. The first-order valence-electron chi connectivity index (χ1n) is 13.1. The van der Waals surface area contributed by atoms with Gasteiger partial charge in [-0.25, -0.2) is 4.39 Å². The number of benzene rings is 2. The highest BCUT2D eigenvalue weighted by molar-refractivity contribution is 7.13. The molecule has 2 saturated heterocycles. The Morgan fingerprint density at radius 1 is 1.05 bits per heavy atom. The zero-order valence-electron chi connectivity index (χ0n) is 20.8. The Labute approximate surface area is 220 Å². The maximum atomic E-state index is 15.1. The highest BCUT2D eigenvalue weighted by Crippen LogP contribution is 2.34. The second-order valence-electron chi connectivity index (χ2n) is 9.87. The molecule has 6 rings (SSSR count). The molecule has 2 fully saturated rings. The summed E-state index contributed by atoms with van der Waals surface area (Å²) in [5, 5.41) is 1.23. The lowest BCUT2D eigenvalue weighted by Gasteiger charge is -2.39. The number of carbonyl (C=O) groups excluding carboxylic acids is 1. The van der Waals surface area contributed by atoms with Crippen molar-refractivity contribution >= 4 is 39.4 Å². The van der Waals surface area contributed by atoms with Crippen molar-refractivity contribution in [2.24, 2.45) is 0 Å². The van der Waals surface area contributed by atoms with E-state index in [0.717, 1.165) is 64.2 Å². The van der Waals surface area contributed by atoms with E-state index in [2.05, 4.69) is 34.1 Å². The number of ether oxygens (including phenoxy) is 2. The van der Waals surface area contributed by atoms with Crippen LogP contribution in [0.5, 0.6) is 11.5 Å². The zero-order valence-corrected chi connectivity index (χ0v) is 21.6. The molecule has 1 atom stereocenters. The van der Waals surface area contributed by atoms with Crippen LogP contribution >= 0.6 is 11.5 Å². The fourth-order valence-electron chi connectivity index (χ4n) is 5.53. The van der Waals surface area contributed by atoms with Crippen LogP contribution in [0, 0.1) is 0 Å². The molecule has 2 aromatic carbocycles. The predicted octanol–water partition coefficient (Wildman–Crippen LogP) is 4.93. The van der Waals surface area contributed by atoms with E-state index >= 15 is 4.39 Å². The number of aromatic nitrogens is 1. The van der Waals surface area contributed by atoms with Gasteiger partial charge < -0.3 is 19.3 Å². The molecule has 9 heteroatoms. The van der Waals surface area contributed by atoms with Gasteiger partial charge >= 0.3 is 0 Å². The summed E-state index contributed by atoms with van der Waals surface area (Å²) in [6.07, 6.45) is 5.08. The molecule has 0 unspecified atom stereocenters. The third-order valence-corrected chi connectivity index (χ3v) is 8.41. The van der Waals surface area contributed by atoms with Crippen LogP contribution in [0.1, 0.15) is 31.2 Å². The third-order valence-electron chi connectivity index (χ3n) is 7.59. The summed E-state index contributed by atoms with van der Waals surface area (Å²) in [4.78, 5) is 19.7. The number of likely N-dealkylation sites (tertiary alicyclic amines) is 1. The van der Waals surface area contributed by atoms with Crippen LogP contribution in [0.3, 0.4) is 0 Å². The topological polar surface area (TPSA) is 58.1 Å². The second kappa shape index (κ2) is 10.7. The standard InChI is InChI=1S/C28H31FN4O3S/c29-23(17-20-8-9-24-25(18-20)36-19-35-24)28(34)33-11-4-3-5-21(33)10-12-31-13-15-32(16-14-31)27-22-6-1-2-7-26(22)37-30-27/h1-2,6-9,17-18,21H,3-5,10-16,19H2/t21-/m0/s1. The van der Waals surface area contributed by atoms with Gasteiger partial charge in [-0.1, -0.05) is 18.2 Å². The predicted molar refractivity (Wildman–Crippen MR) is 144 cm³/mol. The molecular formula is C28H31FN4O3S. The van der Waals surface area contributed by atoms with E-state index in [1.165, 1.54) is 16.2 Å². The number of carbonyl (C=O) groups is 1. The lowest BCUT2D eigenvalue weighted by molar-refractivity contribution is -0.132. The van der Waals surface area contributed by atoms with Crippen molar-refractivity contribution in [2.75, 3.05) is 51.0 Å². The summed E-state index contributed by atoms with van der Waals surface area (Å²) in [6.45, 7) is 5.48. The molecule has 0 radical (unpaired) electrons. The molecule has 0 bridgehead atoms. The molecule has 1 aromatic heterocycles. The van der Waals surface area contributed by atoms with Crippen molar-refractivity contribution in [3.05, 3.63) is 53.9 Å². The first-order valence-corrected chi connectivity index (χ1v) is 13.8. The molecule has 3 aliphatic rings. The average molecular weight is 523 g/mol. The number of hydrogen-bond acceptors (Lipinski definition) is 7. The lowest BCUT2D eigenvalue weighted by Crippen LogP contribution is -2.49. The van der Waals surface area contributed by atoms with Gasteiger partial charge in [0.15, 0.2) is 17.3 Å². The van der Waals surface area contributed by atoms with Gasteiger partial charge in [0, 0.05) is 50.7 Å². The first kappa shape index (κ1) is 24.2. The molecule has 0 saturated carbocycles. The monoisotopic (exact) mass is 522 g/mol. The second-order valence-corrected chi connectivity index (χ2v) is 10.7. The van der Waals surface area contributed by atoms with Crippen LogP contribution in [0.25, 0.3) is 16.2 Å². The molecule has 7 nitrogen and oxygen atoms in total. The molecule has 0 N–H and O–H groups in total. The van der Waals surface area contributed by atoms with Gasteiger partial charge in [-0.2, -0.15) is 4.37 Å². The van der Waals surface area contributed by atoms with Crippen LogP contribution in [-0.4, -0.2) is 72.2 Å². The number of anilines is 1. The van der Waals surface area contributed by atoms with Crippen molar-refractivity contribution in [1.29, 1.82) is 0 Å². The highest BCUT2D eigenvalue weighted by Gasteiger charge is 2.30. The van der Waals surface area contributed by atoms with E-state index in [1.807, 2.05) is 0 Å². The molecule has 194 valence electrons. The van der Waals surface area contributed by atoms with E-state index in [-0.39, 0.29) is 12.8 Å². The summed E-state index contributed by atoms with van der Waals surface area (Å²) in [6, 6.07) is 13.6. The number of hydrogen-bond donors (Lipinski definition) is 0. The van der Waals surface area contributed by atoms with Crippen molar-refractivity contribution < 1.29 is 18.7 Å². The van der Waals surface area contributed by atoms with Gasteiger partial charge in [-0.05, 0) is 73.1 Å². The molecule has 37 heavy (non-hydrogen) atoms. The van der Waals surface area contributed by atoms with Crippen LogP contribution < -0.4 is 14.4 Å². The zero-order chi connectivity index (χ0) is 25.2. The average Bonchev–Trinajstić information content (AvgIpc) is 3.59. The molecule has 0 aliphatic carbocycles. The minimum atomic E-state index is -0.727. The van der Waals surface area contributed by atoms with Gasteiger partial charge in [0.1, 0.15) is 5.82 Å². The van der Waals surface area contributed by atoms with Crippen LogP contribution in [0.4, 0.5) is 10.2 Å². The Bertz CT molecular complexity index is 1300. The Balaban J connectivity index is 1.04. The number of halogens is 1. The number of nitrogens with zero attached hydrogens (tertiary/aromatic N) is 4. The fourth-order valence-corrected chi connectivity index (χ4v) is 6.33. The van der Waals surface area contributed by atoms with E-state index in [9.17, 15) is 4.79 Å². The van der Waals surface area contributed by atoms with E-state index in [1.54, 1.807) is 34.6 Å². The minimum absolute atomic E-state index is 0.0673. The first-order chi connectivity index (χ1) is 18.2. The molecule has 0 spiro atoms. The number of piperidine rings is 1. The van der Waals surface area contributed by atoms with Gasteiger partial charge in [0.25, 0.3) is 5.91 Å². The summed E-state index contributed by atoms with van der Waals surface area (Å²) in [5.41, 5.74) is 0.592. The van der Waals surface area contributed by atoms with Crippen LogP contribution in [-0.2, 0) is 4.79 Å². The van der Waals surface area contributed by atoms with Gasteiger partial charge in [0.05, 0.1) is 4.70 Å². The smallest absolute Gasteiger partial charge is 0.282 e. The van der Waals surface area contributed by atoms with Gasteiger partial charge in [0.2, 0.25) is 6.79 Å². The maximum absolute atomic E-state index is 15.1. The number of fused-ring (bicyclic) bond motifs is 2. The lowest BCUT2D eigenvalue weighted by atomic mass is 9.98. The largest absolute Gasteiger partial charge is 0.454 e. The highest BCUT2D eigenvalue weighted by atomic mass is 32.1. The van der Waals surface area contributed by atoms with Crippen molar-refractivity contribution in [1.82, 2.24) is 14.2 Å². The Kier molecular flexibility index (Phi) is 6.97. The molecule has 1 amide bonds. The normalized spacial score (nSPS) is 20.6. The molecule has 4 heterocycles. The Morgan fingerprint density at radius 3 is 2.78 bits per heavy atom. The third kappa shape index (κ3) is 5.15. The van der Waals surface area contributed by atoms with E-state index in [0.29, 0.717) is 23.6 Å². The van der Waals surface area contributed by atoms with E-state index < -0.39 is 11.7 Å². The summed E-state index contributed by atoms with van der Waals surface area (Å²) in [5.74, 6) is 1.07. The van der Waals surface area contributed by atoms with Gasteiger partial charge in [-0.3, -0.25) is 9.69 Å². The Morgan fingerprint density at radius 2 is 1.89 bits per heavy atom. The minimum Gasteiger partial charge on any atom is -0.454 e. The Hall–Kier alpha value is -3.17. The van der Waals surface area contributed by atoms with Crippen molar-refractivity contribution in [3.8, 4) is 11.5 Å². The summed E-state index contributed by atoms with van der Waals surface area (Å²) in [7, 11) is 0.